The van der Waals surface area contributed by atoms with Crippen molar-refractivity contribution in [1.29, 1.82) is 0 Å². The first-order valence-electron chi connectivity index (χ1n) is 10.2. The number of carbonyl (C=O) groups is 1. The van der Waals surface area contributed by atoms with Gasteiger partial charge in [-0.1, -0.05) is 12.1 Å². The summed E-state index contributed by atoms with van der Waals surface area (Å²) in [4.78, 5) is 23.2. The Morgan fingerprint density at radius 2 is 1.84 bits per heavy atom. The summed E-state index contributed by atoms with van der Waals surface area (Å²) < 4.78 is 27.0. The highest BCUT2D eigenvalue weighted by Crippen LogP contribution is 2.28. The molecule has 0 unspecified atom stereocenters. The van der Waals surface area contributed by atoms with Crippen LogP contribution in [0.25, 0.3) is 0 Å². The van der Waals surface area contributed by atoms with Crippen LogP contribution in [0.1, 0.15) is 24.5 Å². The minimum Gasteiger partial charge on any atom is -0.325 e. The second-order valence-electron chi connectivity index (χ2n) is 7.51. The molecule has 0 bridgehead atoms. The monoisotopic (exact) mass is 423 g/mol. The molecule has 1 aromatic carbocycles. The number of halogens is 2. The van der Waals surface area contributed by atoms with Crippen molar-refractivity contribution in [2.24, 2.45) is 0 Å². The summed E-state index contributed by atoms with van der Waals surface area (Å²) >= 11 is 0. The van der Waals surface area contributed by atoms with Gasteiger partial charge in [0.2, 0.25) is 5.91 Å². The molecule has 1 fully saturated rings. The van der Waals surface area contributed by atoms with Crippen LogP contribution >= 0.6 is 0 Å². The third kappa shape index (κ3) is 5.61. The van der Waals surface area contributed by atoms with Gasteiger partial charge in [0.15, 0.2) is 0 Å². The van der Waals surface area contributed by atoms with Crippen LogP contribution in [0.4, 0.5) is 26.1 Å². The minimum atomic E-state index is -0.654. The number of likely N-dealkylation sites (tertiary alicyclic amines) is 1. The first kappa shape index (κ1) is 20.9. The molecule has 3 heterocycles. The van der Waals surface area contributed by atoms with E-state index in [-0.39, 0.29) is 18.1 Å². The van der Waals surface area contributed by atoms with Gasteiger partial charge in [-0.3, -0.25) is 9.69 Å². The van der Waals surface area contributed by atoms with Crippen LogP contribution in [0.15, 0.2) is 60.8 Å². The molecule has 1 saturated heterocycles. The van der Waals surface area contributed by atoms with Gasteiger partial charge in [0.1, 0.15) is 23.3 Å². The van der Waals surface area contributed by atoms with Crippen molar-refractivity contribution in [2.75, 3.05) is 30.3 Å². The predicted molar refractivity (Wildman–Crippen MR) is 115 cm³/mol. The SMILES string of the molecule is O=C(CN1CCC(c2cccc(Nc3ccccn3)n2)CC1)Nc1cc(F)ccc1F. The number of hydrogen-bond acceptors (Lipinski definition) is 5. The van der Waals surface area contributed by atoms with Crippen molar-refractivity contribution < 1.29 is 13.6 Å². The highest BCUT2D eigenvalue weighted by atomic mass is 19.1. The fourth-order valence-electron chi connectivity index (χ4n) is 3.69. The first-order valence-corrected chi connectivity index (χ1v) is 10.2. The van der Waals surface area contributed by atoms with E-state index in [9.17, 15) is 13.6 Å². The lowest BCUT2D eigenvalue weighted by Gasteiger charge is -2.31. The lowest BCUT2D eigenvalue weighted by molar-refractivity contribution is -0.117. The minimum absolute atomic E-state index is 0.136. The van der Waals surface area contributed by atoms with E-state index in [0.29, 0.717) is 5.92 Å². The Morgan fingerprint density at radius 3 is 2.61 bits per heavy atom. The average molecular weight is 423 g/mol. The molecule has 0 spiro atoms. The van der Waals surface area contributed by atoms with E-state index >= 15 is 0 Å². The molecule has 0 atom stereocenters. The molecule has 3 aromatic rings. The maximum atomic E-state index is 13.7. The zero-order valence-electron chi connectivity index (χ0n) is 16.9. The van der Waals surface area contributed by atoms with Gasteiger partial charge in [-0.05, 0) is 62.3 Å². The lowest BCUT2D eigenvalue weighted by Crippen LogP contribution is -2.39. The number of nitrogens with one attached hydrogen (secondary N) is 2. The van der Waals surface area contributed by atoms with E-state index in [1.165, 1.54) is 0 Å². The van der Waals surface area contributed by atoms with Crippen LogP contribution in [0.2, 0.25) is 0 Å². The van der Waals surface area contributed by atoms with Gasteiger partial charge in [-0.2, -0.15) is 0 Å². The quantitative estimate of drug-likeness (QED) is 0.618. The summed E-state index contributed by atoms with van der Waals surface area (Å²) in [6.07, 6.45) is 3.45. The van der Waals surface area contributed by atoms with Crippen molar-refractivity contribution in [3.63, 3.8) is 0 Å². The first-order chi connectivity index (χ1) is 15.1. The van der Waals surface area contributed by atoms with Gasteiger partial charge in [-0.15, -0.1) is 0 Å². The highest BCUT2D eigenvalue weighted by Gasteiger charge is 2.23. The smallest absolute Gasteiger partial charge is 0.238 e. The maximum Gasteiger partial charge on any atom is 0.238 e. The van der Waals surface area contributed by atoms with Crippen molar-refractivity contribution in [3.8, 4) is 0 Å². The number of nitrogens with zero attached hydrogens (tertiary/aromatic N) is 3. The van der Waals surface area contributed by atoms with E-state index in [4.69, 9.17) is 4.98 Å². The Morgan fingerprint density at radius 1 is 1.03 bits per heavy atom. The number of benzene rings is 1. The van der Waals surface area contributed by atoms with E-state index in [2.05, 4.69) is 15.6 Å². The second kappa shape index (κ2) is 9.61. The maximum absolute atomic E-state index is 13.7. The predicted octanol–water partition coefficient (Wildman–Crippen LogP) is 4.32. The summed E-state index contributed by atoms with van der Waals surface area (Å²) in [5, 5.41) is 5.66. The van der Waals surface area contributed by atoms with Crippen LogP contribution in [-0.2, 0) is 4.79 Å². The molecule has 160 valence electrons. The number of anilines is 3. The molecule has 31 heavy (non-hydrogen) atoms. The molecule has 0 radical (unpaired) electrons. The molecular weight excluding hydrogens is 400 g/mol. The van der Waals surface area contributed by atoms with Gasteiger partial charge >= 0.3 is 0 Å². The Bertz CT molecular complexity index is 1040. The third-order valence-corrected chi connectivity index (χ3v) is 5.27. The normalized spacial score (nSPS) is 14.9. The Labute approximate surface area is 179 Å². The molecule has 6 nitrogen and oxygen atoms in total. The van der Waals surface area contributed by atoms with Crippen LogP contribution in [-0.4, -0.2) is 40.4 Å². The Hall–Kier alpha value is -3.39. The molecule has 1 aliphatic heterocycles. The third-order valence-electron chi connectivity index (χ3n) is 5.27. The molecule has 4 rings (SSSR count). The van der Waals surface area contributed by atoms with Crippen LogP contribution < -0.4 is 10.6 Å². The number of amides is 1. The van der Waals surface area contributed by atoms with Crippen molar-refractivity contribution >= 4 is 23.2 Å². The second-order valence-corrected chi connectivity index (χ2v) is 7.51. The summed E-state index contributed by atoms with van der Waals surface area (Å²) in [5.74, 6) is 0.175. The van der Waals surface area contributed by atoms with Gasteiger partial charge in [0.05, 0.1) is 12.2 Å². The highest BCUT2D eigenvalue weighted by molar-refractivity contribution is 5.92. The number of carbonyl (C=O) groups excluding carboxylic acids is 1. The van der Waals surface area contributed by atoms with Crippen molar-refractivity contribution in [2.45, 2.75) is 18.8 Å². The standard InChI is InChI=1S/C23H23F2N5O/c24-17-7-8-18(25)20(14-17)28-23(31)15-30-12-9-16(10-13-30)19-4-3-6-22(27-19)29-21-5-1-2-11-26-21/h1-8,11,14,16H,9-10,12-13,15H2,(H,28,31)(H,26,27,29). The van der Waals surface area contributed by atoms with E-state index in [1.54, 1.807) is 6.20 Å². The molecule has 0 aliphatic carbocycles. The summed E-state index contributed by atoms with van der Waals surface area (Å²) in [5.41, 5.74) is 0.869. The number of pyridine rings is 2. The van der Waals surface area contributed by atoms with Crippen LogP contribution in [0.5, 0.6) is 0 Å². The number of aromatic nitrogens is 2. The summed E-state index contributed by atoms with van der Waals surface area (Å²) in [6, 6.07) is 14.6. The van der Waals surface area contributed by atoms with Gasteiger partial charge in [0, 0.05) is 23.9 Å². The zero-order chi connectivity index (χ0) is 21.6. The van der Waals surface area contributed by atoms with Crippen molar-refractivity contribution in [3.05, 3.63) is 78.1 Å². The summed E-state index contributed by atoms with van der Waals surface area (Å²) in [7, 11) is 0. The van der Waals surface area contributed by atoms with E-state index < -0.39 is 11.6 Å². The molecule has 2 N–H and O–H groups in total. The fraction of sp³-hybridized carbons (Fsp3) is 0.261. The molecular formula is C23H23F2N5O. The average Bonchev–Trinajstić information content (AvgIpc) is 2.78. The Kier molecular flexibility index (Phi) is 6.47. The van der Waals surface area contributed by atoms with Gasteiger partial charge < -0.3 is 10.6 Å². The van der Waals surface area contributed by atoms with Crippen molar-refractivity contribution in [1.82, 2.24) is 14.9 Å². The van der Waals surface area contributed by atoms with Crippen LogP contribution in [0.3, 0.4) is 0 Å². The van der Waals surface area contributed by atoms with Gasteiger partial charge in [-0.25, -0.2) is 18.7 Å². The van der Waals surface area contributed by atoms with E-state index in [1.807, 2.05) is 41.3 Å². The molecule has 0 saturated carbocycles. The zero-order valence-corrected chi connectivity index (χ0v) is 16.9. The molecule has 2 aromatic heterocycles. The molecule has 8 heteroatoms. The van der Waals surface area contributed by atoms with Gasteiger partial charge in [0.25, 0.3) is 0 Å². The van der Waals surface area contributed by atoms with Crippen LogP contribution in [0, 0.1) is 11.6 Å². The Balaban J connectivity index is 1.30. The summed E-state index contributed by atoms with van der Waals surface area (Å²) in [6.45, 7) is 1.59. The number of hydrogen-bond donors (Lipinski definition) is 2. The lowest BCUT2D eigenvalue weighted by atomic mass is 9.93. The fourth-order valence-corrected chi connectivity index (χ4v) is 3.69. The van der Waals surface area contributed by atoms with E-state index in [0.717, 1.165) is 61.5 Å². The topological polar surface area (TPSA) is 70.2 Å². The molecule has 1 amide bonds. The number of piperidine rings is 1. The molecule has 1 aliphatic rings. The largest absolute Gasteiger partial charge is 0.325 e. The number of rotatable bonds is 6.